The van der Waals surface area contributed by atoms with Gasteiger partial charge in [0, 0.05) is 17.5 Å². The van der Waals surface area contributed by atoms with Gasteiger partial charge in [-0.1, -0.05) is 24.3 Å². The number of fused-ring (bicyclic) bond motifs is 2. The zero-order valence-electron chi connectivity index (χ0n) is 13.8. The highest BCUT2D eigenvalue weighted by Gasteiger charge is 2.30. The van der Waals surface area contributed by atoms with Gasteiger partial charge in [0.25, 0.3) is 0 Å². The summed E-state index contributed by atoms with van der Waals surface area (Å²) in [6, 6.07) is 8.35. The number of carbonyl (C=O) groups excluding carboxylic acids is 1. The number of aromatic nitrogens is 2. The maximum Gasteiger partial charge on any atom is 0.238 e. The van der Waals surface area contributed by atoms with Crippen molar-refractivity contribution in [1.82, 2.24) is 15.3 Å². The molecule has 1 aliphatic heterocycles. The first-order valence-corrected chi connectivity index (χ1v) is 9.59. The van der Waals surface area contributed by atoms with E-state index in [2.05, 4.69) is 33.5 Å². The van der Waals surface area contributed by atoms with Crippen molar-refractivity contribution in [3.05, 3.63) is 58.7 Å². The maximum absolute atomic E-state index is 12.9. The van der Waals surface area contributed by atoms with Gasteiger partial charge in [0.15, 0.2) is 0 Å². The standard InChI is InChI=1S/C19H21N3OS/c1-12-20-11-15-16(21-12)7-4-8-17(15)22-19(23)18-14-6-3-2-5-13(14)9-10-24-18/h2-3,5-6,11,17-18H,4,7-10H2,1H3,(H,22,23). The van der Waals surface area contributed by atoms with Crippen LogP contribution in [0, 0.1) is 6.92 Å². The number of rotatable bonds is 2. The smallest absolute Gasteiger partial charge is 0.238 e. The summed E-state index contributed by atoms with van der Waals surface area (Å²) in [6.45, 7) is 1.91. The lowest BCUT2D eigenvalue weighted by atomic mass is 9.92. The van der Waals surface area contributed by atoms with Gasteiger partial charge < -0.3 is 5.32 Å². The minimum Gasteiger partial charge on any atom is -0.348 e. The van der Waals surface area contributed by atoms with Crippen LogP contribution in [0.2, 0.25) is 0 Å². The van der Waals surface area contributed by atoms with Crippen molar-refractivity contribution in [2.45, 2.75) is 43.9 Å². The molecule has 1 aromatic carbocycles. The second-order valence-corrected chi connectivity index (χ2v) is 7.69. The first-order valence-electron chi connectivity index (χ1n) is 8.54. The topological polar surface area (TPSA) is 54.9 Å². The van der Waals surface area contributed by atoms with Crippen molar-refractivity contribution >= 4 is 17.7 Å². The quantitative estimate of drug-likeness (QED) is 0.912. The molecule has 5 heteroatoms. The summed E-state index contributed by atoms with van der Waals surface area (Å²) in [6.07, 6.45) is 5.94. The van der Waals surface area contributed by atoms with E-state index in [-0.39, 0.29) is 17.2 Å². The maximum atomic E-state index is 12.9. The highest BCUT2D eigenvalue weighted by molar-refractivity contribution is 8.00. The highest BCUT2D eigenvalue weighted by Crippen LogP contribution is 2.38. The van der Waals surface area contributed by atoms with Crippen LogP contribution in [0.25, 0.3) is 0 Å². The number of carbonyl (C=O) groups is 1. The largest absolute Gasteiger partial charge is 0.348 e. The van der Waals surface area contributed by atoms with Crippen molar-refractivity contribution in [3.63, 3.8) is 0 Å². The number of aryl methyl sites for hydroxylation is 3. The minimum atomic E-state index is -0.105. The van der Waals surface area contributed by atoms with Crippen LogP contribution >= 0.6 is 11.8 Å². The Morgan fingerprint density at radius 1 is 1.25 bits per heavy atom. The Labute approximate surface area is 146 Å². The number of thioether (sulfide) groups is 1. The van der Waals surface area contributed by atoms with E-state index in [4.69, 9.17) is 0 Å². The van der Waals surface area contributed by atoms with Gasteiger partial charge in [-0.15, -0.1) is 11.8 Å². The Morgan fingerprint density at radius 3 is 3.04 bits per heavy atom. The molecule has 2 heterocycles. The van der Waals surface area contributed by atoms with Crippen molar-refractivity contribution in [3.8, 4) is 0 Å². The molecule has 2 unspecified atom stereocenters. The molecule has 0 bridgehead atoms. The first-order chi connectivity index (χ1) is 11.7. The molecule has 2 aromatic rings. The third-order valence-corrected chi connectivity index (χ3v) is 6.09. The van der Waals surface area contributed by atoms with Gasteiger partial charge in [0.1, 0.15) is 11.1 Å². The van der Waals surface area contributed by atoms with Crippen LogP contribution in [0.5, 0.6) is 0 Å². The van der Waals surface area contributed by atoms with Gasteiger partial charge in [0.05, 0.1) is 6.04 Å². The SMILES string of the molecule is Cc1ncc2c(n1)CCCC2NC(=O)C1SCCc2ccccc21. The highest BCUT2D eigenvalue weighted by atomic mass is 32.2. The number of nitrogens with one attached hydrogen (secondary N) is 1. The lowest BCUT2D eigenvalue weighted by Crippen LogP contribution is -2.35. The van der Waals surface area contributed by atoms with E-state index in [0.717, 1.165) is 48.5 Å². The zero-order chi connectivity index (χ0) is 16.5. The van der Waals surface area contributed by atoms with E-state index in [0.29, 0.717) is 0 Å². The molecule has 1 aromatic heterocycles. The Kier molecular flexibility index (Phi) is 4.27. The van der Waals surface area contributed by atoms with E-state index in [1.54, 1.807) is 11.8 Å². The average molecular weight is 339 g/mol. The monoisotopic (exact) mass is 339 g/mol. The number of hydrogen-bond acceptors (Lipinski definition) is 4. The van der Waals surface area contributed by atoms with Gasteiger partial charge in [-0.3, -0.25) is 4.79 Å². The summed E-state index contributed by atoms with van der Waals surface area (Å²) in [5.74, 6) is 1.92. The van der Waals surface area contributed by atoms with E-state index in [1.165, 1.54) is 11.1 Å². The molecule has 2 atom stereocenters. The number of benzene rings is 1. The average Bonchev–Trinajstić information content (AvgIpc) is 2.61. The second-order valence-electron chi connectivity index (χ2n) is 6.47. The number of amides is 1. The second kappa shape index (κ2) is 6.55. The lowest BCUT2D eigenvalue weighted by molar-refractivity contribution is -0.121. The van der Waals surface area contributed by atoms with Gasteiger partial charge in [0.2, 0.25) is 5.91 Å². The predicted molar refractivity (Wildman–Crippen MR) is 95.9 cm³/mol. The Balaban J connectivity index is 1.56. The summed E-state index contributed by atoms with van der Waals surface area (Å²) in [5, 5.41) is 3.16. The normalized spacial score (nSPS) is 22.4. The molecule has 2 aliphatic rings. The van der Waals surface area contributed by atoms with Crippen LogP contribution in [0.4, 0.5) is 0 Å². The number of hydrogen-bond donors (Lipinski definition) is 1. The molecule has 0 saturated carbocycles. The molecule has 124 valence electrons. The van der Waals surface area contributed by atoms with E-state index in [1.807, 2.05) is 19.2 Å². The van der Waals surface area contributed by atoms with Crippen LogP contribution in [0.1, 0.15) is 52.3 Å². The minimum absolute atomic E-state index is 0.0385. The molecule has 0 fully saturated rings. The molecule has 0 radical (unpaired) electrons. The van der Waals surface area contributed by atoms with Gasteiger partial charge in [-0.25, -0.2) is 9.97 Å². The van der Waals surface area contributed by atoms with E-state index >= 15 is 0 Å². The Bertz CT molecular complexity index is 777. The lowest BCUT2D eigenvalue weighted by Gasteiger charge is -2.29. The summed E-state index contributed by atoms with van der Waals surface area (Å²) >= 11 is 1.74. The third kappa shape index (κ3) is 2.93. The molecule has 4 nitrogen and oxygen atoms in total. The molecule has 24 heavy (non-hydrogen) atoms. The predicted octanol–water partition coefficient (Wildman–Crippen LogP) is 3.31. The van der Waals surface area contributed by atoms with Gasteiger partial charge in [-0.05, 0) is 49.5 Å². The van der Waals surface area contributed by atoms with Crippen LogP contribution in [-0.4, -0.2) is 21.6 Å². The zero-order valence-corrected chi connectivity index (χ0v) is 14.6. The summed E-state index contributed by atoms with van der Waals surface area (Å²) in [5.41, 5.74) is 4.66. The molecule has 0 saturated heterocycles. The van der Waals surface area contributed by atoms with Crippen molar-refractivity contribution in [2.75, 3.05) is 5.75 Å². The van der Waals surface area contributed by atoms with Crippen molar-refractivity contribution in [1.29, 1.82) is 0 Å². The summed E-state index contributed by atoms with van der Waals surface area (Å²) in [4.78, 5) is 21.8. The molecular formula is C19H21N3OS. The van der Waals surface area contributed by atoms with Crippen molar-refractivity contribution in [2.24, 2.45) is 0 Å². The third-order valence-electron chi connectivity index (χ3n) is 4.85. The van der Waals surface area contributed by atoms with Crippen molar-refractivity contribution < 1.29 is 4.79 Å². The van der Waals surface area contributed by atoms with Crippen LogP contribution in [0.3, 0.4) is 0 Å². The van der Waals surface area contributed by atoms with Gasteiger partial charge in [-0.2, -0.15) is 0 Å². The van der Waals surface area contributed by atoms with Crippen LogP contribution < -0.4 is 5.32 Å². The molecule has 0 spiro atoms. The number of nitrogens with zero attached hydrogens (tertiary/aromatic N) is 2. The fourth-order valence-electron chi connectivity index (χ4n) is 3.66. The van der Waals surface area contributed by atoms with Crippen LogP contribution in [0.15, 0.2) is 30.5 Å². The molecule has 1 amide bonds. The molecule has 4 rings (SSSR count). The van der Waals surface area contributed by atoms with E-state index < -0.39 is 0 Å². The Morgan fingerprint density at radius 2 is 2.12 bits per heavy atom. The fourth-order valence-corrected chi connectivity index (χ4v) is 4.86. The fraction of sp³-hybridized carbons (Fsp3) is 0.421. The van der Waals surface area contributed by atoms with Gasteiger partial charge >= 0.3 is 0 Å². The van der Waals surface area contributed by atoms with Crippen LogP contribution in [-0.2, 0) is 17.6 Å². The molecular weight excluding hydrogens is 318 g/mol. The molecule has 1 aliphatic carbocycles. The molecule has 1 N–H and O–H groups in total. The summed E-state index contributed by atoms with van der Waals surface area (Å²) in [7, 11) is 0. The first kappa shape index (κ1) is 15.6. The summed E-state index contributed by atoms with van der Waals surface area (Å²) < 4.78 is 0. The Hall–Kier alpha value is -1.88. The van der Waals surface area contributed by atoms with E-state index in [9.17, 15) is 4.79 Å².